The van der Waals surface area contributed by atoms with Gasteiger partial charge in [0.25, 0.3) is 0 Å². The molecule has 0 aliphatic heterocycles. The van der Waals surface area contributed by atoms with Crippen LogP contribution >= 0.6 is 63.7 Å². The fourth-order valence-electron chi connectivity index (χ4n) is 6.18. The Labute approximate surface area is 157 Å². The number of hydrogen-bond acceptors (Lipinski definition) is 0. The molecule has 2 unspecified atom stereocenters. The average Bonchev–Trinajstić information content (AvgIpc) is 2.35. The van der Waals surface area contributed by atoms with Gasteiger partial charge < -0.3 is 0 Å². The molecule has 0 heterocycles. The van der Waals surface area contributed by atoms with Crippen molar-refractivity contribution in [2.45, 2.75) is 61.0 Å². The molecule has 4 bridgehead atoms. The summed E-state index contributed by atoms with van der Waals surface area (Å²) in [7, 11) is 0. The quantitative estimate of drug-likeness (QED) is 0.333. The van der Waals surface area contributed by atoms with E-state index in [4.69, 9.17) is 0 Å². The summed E-state index contributed by atoms with van der Waals surface area (Å²) in [6, 6.07) is 0. The first-order valence-corrected chi connectivity index (χ1v) is 12.0. The van der Waals surface area contributed by atoms with Gasteiger partial charge in [-0.1, -0.05) is 63.7 Å². The van der Waals surface area contributed by atoms with E-state index in [1.807, 2.05) is 0 Å². The zero-order valence-electron chi connectivity index (χ0n) is 11.9. The first-order valence-electron chi connectivity index (χ1n) is 7.88. The third-order valence-electron chi connectivity index (χ3n) is 5.95. The van der Waals surface area contributed by atoms with E-state index in [9.17, 15) is 0 Å². The van der Waals surface area contributed by atoms with Crippen molar-refractivity contribution in [2.24, 2.45) is 22.7 Å². The molecule has 4 heteroatoms. The van der Waals surface area contributed by atoms with Crippen molar-refractivity contribution in [1.82, 2.24) is 0 Å². The summed E-state index contributed by atoms with van der Waals surface area (Å²) in [6.45, 7) is 0. The second-order valence-electron chi connectivity index (χ2n) is 7.87. The zero-order valence-corrected chi connectivity index (χ0v) is 18.2. The molecule has 0 aromatic heterocycles. The van der Waals surface area contributed by atoms with Crippen LogP contribution in [0.5, 0.6) is 0 Å². The molecule has 0 aromatic rings. The van der Waals surface area contributed by atoms with Crippen molar-refractivity contribution >= 4 is 63.7 Å². The van der Waals surface area contributed by atoms with E-state index in [2.05, 4.69) is 63.7 Å². The minimum atomic E-state index is 0.658. The SMILES string of the molecule is BrCC(Br)CC12CC3CC(C1)CC(CC(Br)CBr)(C3)C2. The minimum absolute atomic E-state index is 0.658. The lowest BCUT2D eigenvalue weighted by atomic mass is 9.42. The van der Waals surface area contributed by atoms with Crippen LogP contribution in [0.1, 0.15) is 51.4 Å². The molecule has 4 aliphatic rings. The molecule has 0 radical (unpaired) electrons. The predicted octanol–water partition coefficient (Wildman–Crippen LogP) is 6.67. The number of halogens is 4. The highest BCUT2D eigenvalue weighted by atomic mass is 79.9. The highest BCUT2D eigenvalue weighted by Gasteiger charge is 2.57. The van der Waals surface area contributed by atoms with Crippen LogP contribution in [0.15, 0.2) is 0 Å². The molecule has 20 heavy (non-hydrogen) atoms. The molecular formula is C16H24Br4. The largest absolute Gasteiger partial charge is 0.0916 e. The maximum Gasteiger partial charge on any atom is 0.0248 e. The van der Waals surface area contributed by atoms with Crippen LogP contribution in [-0.2, 0) is 0 Å². The molecule has 4 aliphatic carbocycles. The van der Waals surface area contributed by atoms with E-state index >= 15 is 0 Å². The second-order valence-corrected chi connectivity index (χ2v) is 11.8. The average molecular weight is 536 g/mol. The molecule has 0 saturated heterocycles. The zero-order chi connectivity index (χ0) is 14.4. The van der Waals surface area contributed by atoms with Crippen molar-refractivity contribution in [3.63, 3.8) is 0 Å². The fourth-order valence-corrected chi connectivity index (χ4v) is 8.01. The standard InChI is InChI=1S/C16H24Br4/c17-8-13(19)6-15-2-11-1-12(4-15)5-16(3-11,10-15)7-14(20)9-18/h11-14H,1-10H2. The summed E-state index contributed by atoms with van der Waals surface area (Å²) in [5.74, 6) is 2.06. The summed E-state index contributed by atoms with van der Waals surface area (Å²) in [6.07, 6.45) is 11.9. The predicted molar refractivity (Wildman–Crippen MR) is 102 cm³/mol. The minimum Gasteiger partial charge on any atom is -0.0916 e. The molecule has 116 valence electrons. The van der Waals surface area contributed by atoms with Crippen LogP contribution in [0.2, 0.25) is 0 Å². The first-order chi connectivity index (χ1) is 9.48. The first kappa shape index (κ1) is 16.8. The molecule has 0 amide bonds. The molecule has 0 nitrogen and oxygen atoms in total. The van der Waals surface area contributed by atoms with Crippen LogP contribution < -0.4 is 0 Å². The van der Waals surface area contributed by atoms with Gasteiger partial charge in [0.1, 0.15) is 0 Å². The summed E-state index contributed by atoms with van der Waals surface area (Å²) >= 11 is 15.1. The van der Waals surface area contributed by atoms with Crippen molar-refractivity contribution in [1.29, 1.82) is 0 Å². The maximum atomic E-state index is 3.89. The summed E-state index contributed by atoms with van der Waals surface area (Å²) in [5, 5.41) is 2.19. The smallest absolute Gasteiger partial charge is 0.0248 e. The van der Waals surface area contributed by atoms with Gasteiger partial charge in [0.05, 0.1) is 0 Å². The van der Waals surface area contributed by atoms with Crippen LogP contribution in [0, 0.1) is 22.7 Å². The van der Waals surface area contributed by atoms with Gasteiger partial charge in [-0.3, -0.25) is 0 Å². The Morgan fingerprint density at radius 3 is 1.55 bits per heavy atom. The van der Waals surface area contributed by atoms with Gasteiger partial charge in [0.2, 0.25) is 0 Å². The Balaban J connectivity index is 1.78. The van der Waals surface area contributed by atoms with Crippen molar-refractivity contribution in [3.8, 4) is 0 Å². The van der Waals surface area contributed by atoms with E-state index < -0.39 is 0 Å². The Kier molecular flexibility index (Phi) is 5.39. The fraction of sp³-hybridized carbons (Fsp3) is 1.00. The van der Waals surface area contributed by atoms with E-state index in [-0.39, 0.29) is 0 Å². The topological polar surface area (TPSA) is 0 Å². The second kappa shape index (κ2) is 6.43. The summed E-state index contributed by atoms with van der Waals surface area (Å²) in [4.78, 5) is 1.32. The third kappa shape index (κ3) is 3.38. The lowest BCUT2D eigenvalue weighted by Gasteiger charge is -2.63. The van der Waals surface area contributed by atoms with Gasteiger partial charge in [0, 0.05) is 20.3 Å². The van der Waals surface area contributed by atoms with Crippen molar-refractivity contribution in [3.05, 3.63) is 0 Å². The molecule has 0 aromatic carbocycles. The molecule has 4 fully saturated rings. The van der Waals surface area contributed by atoms with E-state index in [0.29, 0.717) is 20.5 Å². The van der Waals surface area contributed by atoms with E-state index in [0.717, 1.165) is 22.5 Å². The van der Waals surface area contributed by atoms with E-state index in [1.165, 1.54) is 51.4 Å². The highest BCUT2D eigenvalue weighted by Crippen LogP contribution is 2.68. The van der Waals surface area contributed by atoms with Gasteiger partial charge >= 0.3 is 0 Å². The molecule has 2 atom stereocenters. The Morgan fingerprint density at radius 2 is 1.20 bits per heavy atom. The Hall–Kier alpha value is 1.92. The van der Waals surface area contributed by atoms with Gasteiger partial charge in [-0.2, -0.15) is 0 Å². The molecule has 0 N–H and O–H groups in total. The number of alkyl halides is 4. The van der Waals surface area contributed by atoms with Gasteiger partial charge in [0.15, 0.2) is 0 Å². The van der Waals surface area contributed by atoms with Crippen molar-refractivity contribution < 1.29 is 0 Å². The van der Waals surface area contributed by atoms with Crippen molar-refractivity contribution in [2.75, 3.05) is 10.7 Å². The van der Waals surface area contributed by atoms with E-state index in [1.54, 1.807) is 0 Å². The highest BCUT2D eigenvalue weighted by molar-refractivity contribution is 9.12. The number of rotatable bonds is 6. The molecule has 0 spiro atoms. The third-order valence-corrected chi connectivity index (χ3v) is 10.5. The maximum absolute atomic E-state index is 3.89. The molecular weight excluding hydrogens is 512 g/mol. The summed E-state index contributed by atoms with van der Waals surface area (Å²) < 4.78 is 0. The molecule has 4 rings (SSSR count). The lowest BCUT2D eigenvalue weighted by Crippen LogP contribution is -2.53. The molecule has 4 saturated carbocycles. The van der Waals surface area contributed by atoms with Crippen LogP contribution in [-0.4, -0.2) is 20.3 Å². The van der Waals surface area contributed by atoms with Crippen LogP contribution in [0.25, 0.3) is 0 Å². The normalized spacial score (nSPS) is 45.6. The number of hydrogen-bond donors (Lipinski definition) is 0. The lowest BCUT2D eigenvalue weighted by molar-refractivity contribution is -0.115. The van der Waals surface area contributed by atoms with Gasteiger partial charge in [-0.15, -0.1) is 0 Å². The van der Waals surface area contributed by atoms with Crippen LogP contribution in [0.4, 0.5) is 0 Å². The Bertz CT molecular complexity index is 312. The monoisotopic (exact) mass is 532 g/mol. The van der Waals surface area contributed by atoms with Gasteiger partial charge in [-0.05, 0) is 74.0 Å². The van der Waals surface area contributed by atoms with Gasteiger partial charge in [-0.25, -0.2) is 0 Å². The van der Waals surface area contributed by atoms with Crippen LogP contribution in [0.3, 0.4) is 0 Å². The Morgan fingerprint density at radius 1 is 0.800 bits per heavy atom. The summed E-state index contributed by atoms with van der Waals surface area (Å²) in [5.41, 5.74) is 1.32.